The first kappa shape index (κ1) is 11.0. The second-order valence-corrected chi connectivity index (χ2v) is 4.02. The van der Waals surface area contributed by atoms with Crippen LogP contribution in [0.15, 0.2) is 40.5 Å². The predicted octanol–water partition coefficient (Wildman–Crippen LogP) is 3.08. The molecule has 0 amide bonds. The fraction of sp³-hybridized carbons (Fsp3) is 0.273. The lowest BCUT2D eigenvalue weighted by atomic mass is 10.1. The van der Waals surface area contributed by atoms with E-state index in [9.17, 15) is 5.11 Å². The first-order chi connectivity index (χ1) is 7.74. The minimum atomic E-state index is -0.882. The molecule has 1 aromatic rings. The van der Waals surface area contributed by atoms with Gasteiger partial charge in [-0.3, -0.25) is 0 Å². The Morgan fingerprint density at radius 2 is 2.06 bits per heavy atom. The van der Waals surface area contributed by atoms with Crippen molar-refractivity contribution in [1.29, 1.82) is 0 Å². The molecule has 0 fully saturated rings. The molecule has 1 aliphatic rings. The number of rotatable bonds is 2. The van der Waals surface area contributed by atoms with Crippen LogP contribution in [0.5, 0.6) is 0 Å². The van der Waals surface area contributed by atoms with E-state index in [4.69, 9.17) is 17.1 Å². The first-order valence-electron chi connectivity index (χ1n) is 4.90. The molecule has 2 atom stereocenters. The average Bonchev–Trinajstić information content (AvgIpc) is 2.59. The summed E-state index contributed by atoms with van der Waals surface area (Å²) >= 11 is 6.04. The molecule has 0 unspecified atom stereocenters. The summed E-state index contributed by atoms with van der Waals surface area (Å²) in [6.45, 7) is 0. The van der Waals surface area contributed by atoms with Crippen molar-refractivity contribution in [3.8, 4) is 0 Å². The number of halogens is 1. The predicted molar refractivity (Wildman–Crippen MR) is 62.8 cm³/mol. The van der Waals surface area contributed by atoms with Crippen LogP contribution in [-0.4, -0.2) is 17.3 Å². The van der Waals surface area contributed by atoms with E-state index >= 15 is 0 Å². The highest BCUT2D eigenvalue weighted by atomic mass is 35.5. The third-order valence-corrected chi connectivity index (χ3v) is 3.10. The molecular weight excluding hydrogens is 226 g/mol. The number of hydrogen-bond donors (Lipinski definition) is 1. The van der Waals surface area contributed by atoms with Crippen LogP contribution >= 0.6 is 11.6 Å². The molecule has 0 aliphatic heterocycles. The van der Waals surface area contributed by atoms with Crippen LogP contribution in [0, 0.1) is 0 Å². The molecule has 16 heavy (non-hydrogen) atoms. The van der Waals surface area contributed by atoms with Crippen LogP contribution in [0.2, 0.25) is 0 Å². The lowest BCUT2D eigenvalue weighted by Gasteiger charge is -2.06. The van der Waals surface area contributed by atoms with Crippen LogP contribution in [0.1, 0.15) is 12.0 Å². The van der Waals surface area contributed by atoms with Crippen LogP contribution in [0.3, 0.4) is 0 Å². The van der Waals surface area contributed by atoms with Crippen molar-refractivity contribution >= 4 is 17.2 Å². The molecule has 2 rings (SSSR count). The number of benzene rings is 1. The van der Waals surface area contributed by atoms with Crippen molar-refractivity contribution < 1.29 is 5.11 Å². The van der Waals surface area contributed by atoms with E-state index in [2.05, 4.69) is 10.0 Å². The van der Waals surface area contributed by atoms with E-state index in [1.165, 1.54) is 0 Å². The van der Waals surface area contributed by atoms with Gasteiger partial charge in [0.05, 0.1) is 17.2 Å². The Bertz CT molecular complexity index is 465. The Balaban J connectivity index is 2.33. The zero-order valence-corrected chi connectivity index (χ0v) is 9.17. The summed E-state index contributed by atoms with van der Waals surface area (Å²) in [5, 5.41) is 13.7. The Hall–Kier alpha value is -1.48. The molecule has 1 N–H and O–H groups in total. The van der Waals surface area contributed by atoms with Gasteiger partial charge in [0, 0.05) is 4.91 Å². The van der Waals surface area contributed by atoms with Crippen molar-refractivity contribution in [2.75, 3.05) is 0 Å². The van der Waals surface area contributed by atoms with Gasteiger partial charge in [-0.15, -0.1) is 0 Å². The normalized spacial score (nSPS) is 24.4. The monoisotopic (exact) mass is 235 g/mol. The molecule has 4 nitrogen and oxygen atoms in total. The molecule has 82 valence electrons. The molecule has 0 aromatic heterocycles. The fourth-order valence-electron chi connectivity index (χ4n) is 1.83. The summed E-state index contributed by atoms with van der Waals surface area (Å²) in [6, 6.07) is 9.06. The second-order valence-electron chi connectivity index (χ2n) is 3.61. The Morgan fingerprint density at radius 1 is 1.38 bits per heavy atom. The molecule has 0 radical (unpaired) electrons. The number of nitrogens with zero attached hydrogens (tertiary/aromatic N) is 3. The summed E-state index contributed by atoms with van der Waals surface area (Å²) in [5.74, 6) is 0. The SMILES string of the molecule is [N-]=[N+]=N[C@@H]1CC(c2ccccc2)=C(Cl)[C@H]1O. The number of aliphatic hydroxyl groups excluding tert-OH is 1. The van der Waals surface area contributed by atoms with Gasteiger partial charge in [-0.05, 0) is 23.1 Å². The summed E-state index contributed by atoms with van der Waals surface area (Å²) in [6.07, 6.45) is -0.401. The maximum atomic E-state index is 9.77. The standard InChI is InChI=1S/C11H10ClN3O/c12-10-8(7-4-2-1-3-5-7)6-9(11(10)16)14-15-13/h1-5,9,11,16H,6H2/t9-,11+/m1/s1. The molecule has 1 aliphatic carbocycles. The van der Waals surface area contributed by atoms with Crippen molar-refractivity contribution in [1.82, 2.24) is 0 Å². The molecule has 5 heteroatoms. The number of aliphatic hydroxyl groups is 1. The summed E-state index contributed by atoms with van der Waals surface area (Å²) in [5.41, 5.74) is 10.2. The minimum absolute atomic E-state index is 0.378. The van der Waals surface area contributed by atoms with Gasteiger partial charge in [0.25, 0.3) is 0 Å². The number of hydrogen-bond acceptors (Lipinski definition) is 2. The Kier molecular flexibility index (Phi) is 3.15. The van der Waals surface area contributed by atoms with E-state index in [1.807, 2.05) is 30.3 Å². The highest BCUT2D eigenvalue weighted by molar-refractivity contribution is 6.33. The van der Waals surface area contributed by atoms with Gasteiger partial charge in [-0.2, -0.15) is 0 Å². The van der Waals surface area contributed by atoms with Gasteiger partial charge in [0.1, 0.15) is 0 Å². The van der Waals surface area contributed by atoms with Gasteiger partial charge < -0.3 is 5.11 Å². The summed E-state index contributed by atoms with van der Waals surface area (Å²) < 4.78 is 0. The van der Waals surface area contributed by atoms with Crippen molar-refractivity contribution in [3.63, 3.8) is 0 Å². The second kappa shape index (κ2) is 4.58. The minimum Gasteiger partial charge on any atom is -0.387 e. The van der Waals surface area contributed by atoms with E-state index in [0.29, 0.717) is 11.5 Å². The van der Waals surface area contributed by atoms with Crippen LogP contribution in [-0.2, 0) is 0 Å². The quantitative estimate of drug-likeness (QED) is 0.478. The van der Waals surface area contributed by atoms with Crippen LogP contribution in [0.25, 0.3) is 16.0 Å². The third-order valence-electron chi connectivity index (χ3n) is 2.65. The largest absolute Gasteiger partial charge is 0.387 e. The zero-order valence-electron chi connectivity index (χ0n) is 8.42. The summed E-state index contributed by atoms with van der Waals surface area (Å²) in [4.78, 5) is 2.71. The molecule has 0 bridgehead atoms. The van der Waals surface area contributed by atoms with Gasteiger partial charge in [0.15, 0.2) is 0 Å². The molecule has 0 saturated carbocycles. The molecule has 0 spiro atoms. The molecular formula is C11H10ClN3O. The Morgan fingerprint density at radius 3 is 2.69 bits per heavy atom. The fourth-order valence-corrected chi connectivity index (χ4v) is 2.16. The lowest BCUT2D eigenvalue weighted by molar-refractivity contribution is 0.198. The van der Waals surface area contributed by atoms with Crippen molar-refractivity contribution in [2.45, 2.75) is 18.6 Å². The molecule has 0 saturated heterocycles. The first-order valence-corrected chi connectivity index (χ1v) is 5.28. The maximum Gasteiger partial charge on any atom is 0.0986 e. The lowest BCUT2D eigenvalue weighted by Crippen LogP contribution is -2.17. The topological polar surface area (TPSA) is 69.0 Å². The van der Waals surface area contributed by atoms with Crippen LogP contribution < -0.4 is 0 Å². The van der Waals surface area contributed by atoms with E-state index < -0.39 is 12.1 Å². The number of azide groups is 1. The Labute approximate surface area is 97.8 Å². The maximum absolute atomic E-state index is 9.77. The molecule has 1 aromatic carbocycles. The van der Waals surface area contributed by atoms with Crippen LogP contribution in [0.4, 0.5) is 0 Å². The van der Waals surface area contributed by atoms with Gasteiger partial charge >= 0.3 is 0 Å². The van der Waals surface area contributed by atoms with E-state index in [-0.39, 0.29) is 0 Å². The van der Waals surface area contributed by atoms with Crippen molar-refractivity contribution in [2.24, 2.45) is 5.11 Å². The van der Waals surface area contributed by atoms with E-state index in [0.717, 1.165) is 11.1 Å². The highest BCUT2D eigenvalue weighted by Crippen LogP contribution is 2.37. The van der Waals surface area contributed by atoms with E-state index in [1.54, 1.807) is 0 Å². The highest BCUT2D eigenvalue weighted by Gasteiger charge is 2.32. The average molecular weight is 236 g/mol. The smallest absolute Gasteiger partial charge is 0.0986 e. The molecule has 0 heterocycles. The van der Waals surface area contributed by atoms with Gasteiger partial charge in [-0.1, -0.05) is 47.0 Å². The zero-order chi connectivity index (χ0) is 11.5. The van der Waals surface area contributed by atoms with Crippen molar-refractivity contribution in [3.05, 3.63) is 51.4 Å². The third kappa shape index (κ3) is 1.91. The summed E-state index contributed by atoms with van der Waals surface area (Å²) in [7, 11) is 0. The van der Waals surface area contributed by atoms with Gasteiger partial charge in [-0.25, -0.2) is 0 Å². The van der Waals surface area contributed by atoms with Gasteiger partial charge in [0.2, 0.25) is 0 Å².